The van der Waals surface area contributed by atoms with E-state index in [0.717, 1.165) is 10.9 Å². The highest BCUT2D eigenvalue weighted by Gasteiger charge is 2.19. The maximum atomic E-state index is 12.7. The van der Waals surface area contributed by atoms with Crippen molar-refractivity contribution in [2.75, 3.05) is 0 Å². The molecule has 2 aromatic heterocycles. The Labute approximate surface area is 130 Å². The van der Waals surface area contributed by atoms with Gasteiger partial charge in [0.05, 0.1) is 27.7 Å². The number of benzene rings is 1. The lowest BCUT2D eigenvalue weighted by atomic mass is 10.1. The van der Waals surface area contributed by atoms with E-state index in [-0.39, 0.29) is 28.1 Å². The maximum Gasteiger partial charge on any atom is 0.265 e. The zero-order valence-corrected chi connectivity index (χ0v) is 12.3. The SMILES string of the molecule is O=C(c1c(Cl)cc(CO)cc1Cl)n1ccc2cnccc21. The first-order valence-electron chi connectivity index (χ1n) is 6.16. The average Bonchev–Trinajstić information content (AvgIpc) is 2.90. The average molecular weight is 321 g/mol. The van der Waals surface area contributed by atoms with Crippen LogP contribution in [0.25, 0.3) is 10.9 Å². The summed E-state index contributed by atoms with van der Waals surface area (Å²) in [5.41, 5.74) is 1.50. The fourth-order valence-electron chi connectivity index (χ4n) is 2.20. The molecule has 0 unspecified atom stereocenters. The Balaban J connectivity index is 2.15. The molecule has 0 fully saturated rings. The number of hydrogen-bond donors (Lipinski definition) is 1. The standard InChI is InChI=1S/C15H10Cl2N2O2/c16-11-5-9(8-20)6-12(17)14(11)15(21)19-4-2-10-7-18-3-1-13(10)19/h1-7,20H,8H2. The summed E-state index contributed by atoms with van der Waals surface area (Å²) >= 11 is 12.3. The lowest BCUT2D eigenvalue weighted by Gasteiger charge is -2.09. The predicted octanol–water partition coefficient (Wildman–Crippen LogP) is 3.52. The number of fused-ring (bicyclic) bond motifs is 1. The largest absolute Gasteiger partial charge is 0.392 e. The number of carbonyl (C=O) groups is 1. The second kappa shape index (κ2) is 5.48. The molecule has 0 aliphatic heterocycles. The first kappa shape index (κ1) is 14.1. The molecule has 3 rings (SSSR count). The van der Waals surface area contributed by atoms with Crippen molar-refractivity contribution in [1.82, 2.24) is 9.55 Å². The summed E-state index contributed by atoms with van der Waals surface area (Å²) in [5, 5.41) is 10.4. The molecule has 6 heteroatoms. The predicted molar refractivity (Wildman–Crippen MR) is 81.8 cm³/mol. The molecule has 106 valence electrons. The molecular weight excluding hydrogens is 311 g/mol. The number of hydrogen-bond acceptors (Lipinski definition) is 3. The smallest absolute Gasteiger partial charge is 0.265 e. The fraction of sp³-hybridized carbons (Fsp3) is 0.0667. The van der Waals surface area contributed by atoms with Crippen molar-refractivity contribution < 1.29 is 9.90 Å². The second-order valence-corrected chi connectivity index (χ2v) is 5.33. The van der Waals surface area contributed by atoms with Crippen LogP contribution in [0.5, 0.6) is 0 Å². The monoisotopic (exact) mass is 320 g/mol. The van der Waals surface area contributed by atoms with Gasteiger partial charge in [-0.15, -0.1) is 0 Å². The zero-order chi connectivity index (χ0) is 15.0. The third-order valence-electron chi connectivity index (χ3n) is 3.21. The molecule has 2 heterocycles. The van der Waals surface area contributed by atoms with Gasteiger partial charge >= 0.3 is 0 Å². The number of aliphatic hydroxyl groups is 1. The van der Waals surface area contributed by atoms with Gasteiger partial charge in [-0.1, -0.05) is 23.2 Å². The topological polar surface area (TPSA) is 55.1 Å². The third kappa shape index (κ3) is 2.42. The van der Waals surface area contributed by atoms with E-state index in [1.165, 1.54) is 16.7 Å². The van der Waals surface area contributed by atoms with E-state index in [4.69, 9.17) is 28.3 Å². The molecule has 3 aromatic rings. The molecule has 0 aliphatic carbocycles. The summed E-state index contributed by atoms with van der Waals surface area (Å²) in [6.07, 6.45) is 4.95. The highest BCUT2D eigenvalue weighted by atomic mass is 35.5. The zero-order valence-electron chi connectivity index (χ0n) is 10.8. The van der Waals surface area contributed by atoms with Crippen molar-refractivity contribution in [2.45, 2.75) is 6.61 Å². The van der Waals surface area contributed by atoms with Crippen LogP contribution in [-0.4, -0.2) is 20.6 Å². The van der Waals surface area contributed by atoms with Crippen molar-refractivity contribution in [3.05, 3.63) is 64.0 Å². The van der Waals surface area contributed by atoms with E-state index in [9.17, 15) is 4.79 Å². The van der Waals surface area contributed by atoms with E-state index in [1.54, 1.807) is 30.7 Å². The van der Waals surface area contributed by atoms with Crippen LogP contribution in [0.4, 0.5) is 0 Å². The van der Waals surface area contributed by atoms with Crippen molar-refractivity contribution >= 4 is 40.0 Å². The van der Waals surface area contributed by atoms with Gasteiger partial charge in [-0.3, -0.25) is 14.3 Å². The first-order valence-corrected chi connectivity index (χ1v) is 6.92. The van der Waals surface area contributed by atoms with Gasteiger partial charge in [0.25, 0.3) is 5.91 Å². The summed E-state index contributed by atoms with van der Waals surface area (Å²) in [6.45, 7) is -0.188. The van der Waals surface area contributed by atoms with Gasteiger partial charge in [-0.2, -0.15) is 0 Å². The molecule has 0 aliphatic rings. The minimum atomic E-state index is -0.323. The fourth-order valence-corrected chi connectivity index (χ4v) is 2.89. The van der Waals surface area contributed by atoms with E-state index in [0.29, 0.717) is 5.56 Å². The van der Waals surface area contributed by atoms with E-state index in [1.807, 2.05) is 0 Å². The second-order valence-electron chi connectivity index (χ2n) is 4.52. The van der Waals surface area contributed by atoms with Gasteiger partial charge in [0.2, 0.25) is 0 Å². The molecule has 0 bridgehead atoms. The van der Waals surface area contributed by atoms with Crippen LogP contribution in [0.1, 0.15) is 15.9 Å². The van der Waals surface area contributed by atoms with E-state index in [2.05, 4.69) is 4.98 Å². The summed E-state index contributed by atoms with van der Waals surface area (Å²) in [5.74, 6) is -0.323. The normalized spacial score (nSPS) is 11.0. The number of rotatable bonds is 2. The number of aromatic nitrogens is 2. The Morgan fingerprint density at radius 2 is 1.95 bits per heavy atom. The van der Waals surface area contributed by atoms with Gasteiger partial charge in [0.15, 0.2) is 0 Å². The van der Waals surface area contributed by atoms with Crippen LogP contribution in [0, 0.1) is 0 Å². The number of nitrogens with zero attached hydrogens (tertiary/aromatic N) is 2. The van der Waals surface area contributed by atoms with E-state index >= 15 is 0 Å². The van der Waals surface area contributed by atoms with Crippen LogP contribution in [0.3, 0.4) is 0 Å². The molecule has 0 radical (unpaired) electrons. The van der Waals surface area contributed by atoms with Crippen molar-refractivity contribution in [3.63, 3.8) is 0 Å². The van der Waals surface area contributed by atoms with Crippen LogP contribution in [-0.2, 0) is 6.61 Å². The summed E-state index contributed by atoms with van der Waals surface area (Å²) < 4.78 is 1.47. The van der Waals surface area contributed by atoms with Crippen molar-refractivity contribution in [3.8, 4) is 0 Å². The number of aliphatic hydroxyl groups excluding tert-OH is 1. The Kier molecular flexibility index (Phi) is 3.68. The minimum absolute atomic E-state index is 0.188. The lowest BCUT2D eigenvalue weighted by Crippen LogP contribution is -2.12. The molecule has 0 atom stereocenters. The van der Waals surface area contributed by atoms with Crippen molar-refractivity contribution in [2.24, 2.45) is 0 Å². The maximum absolute atomic E-state index is 12.7. The minimum Gasteiger partial charge on any atom is -0.392 e. The third-order valence-corrected chi connectivity index (χ3v) is 3.80. The van der Waals surface area contributed by atoms with Crippen LogP contribution < -0.4 is 0 Å². The van der Waals surface area contributed by atoms with Gasteiger partial charge < -0.3 is 5.11 Å². The van der Waals surface area contributed by atoms with Gasteiger partial charge in [-0.05, 0) is 29.8 Å². The Morgan fingerprint density at radius 1 is 1.24 bits per heavy atom. The molecule has 1 N–H and O–H groups in total. The molecule has 0 amide bonds. The Morgan fingerprint density at radius 3 is 2.62 bits per heavy atom. The van der Waals surface area contributed by atoms with Crippen molar-refractivity contribution in [1.29, 1.82) is 0 Å². The highest BCUT2D eigenvalue weighted by Crippen LogP contribution is 2.29. The Bertz CT molecular complexity index is 820. The molecular formula is C15H10Cl2N2O2. The van der Waals surface area contributed by atoms with E-state index < -0.39 is 0 Å². The van der Waals surface area contributed by atoms with Crippen LogP contribution in [0.15, 0.2) is 42.9 Å². The summed E-state index contributed by atoms with van der Waals surface area (Å²) in [4.78, 5) is 16.7. The number of halogens is 2. The van der Waals surface area contributed by atoms with Gasteiger partial charge in [0.1, 0.15) is 0 Å². The molecule has 0 spiro atoms. The van der Waals surface area contributed by atoms with Crippen LogP contribution >= 0.6 is 23.2 Å². The molecule has 0 saturated carbocycles. The quantitative estimate of drug-likeness (QED) is 0.786. The molecule has 4 nitrogen and oxygen atoms in total. The van der Waals surface area contributed by atoms with Gasteiger partial charge in [-0.25, -0.2) is 0 Å². The number of pyridine rings is 1. The molecule has 0 saturated heterocycles. The van der Waals surface area contributed by atoms with Gasteiger partial charge in [0, 0.05) is 24.0 Å². The van der Waals surface area contributed by atoms with Crippen LogP contribution in [0.2, 0.25) is 10.0 Å². The Hall–Kier alpha value is -1.88. The first-order chi connectivity index (χ1) is 10.1. The molecule has 1 aromatic carbocycles. The lowest BCUT2D eigenvalue weighted by molar-refractivity contribution is 0.0965. The highest BCUT2D eigenvalue weighted by molar-refractivity contribution is 6.40. The summed E-state index contributed by atoms with van der Waals surface area (Å²) in [7, 11) is 0. The number of carbonyl (C=O) groups excluding carboxylic acids is 1. The summed E-state index contributed by atoms with van der Waals surface area (Å²) in [6, 6.07) is 6.61. The molecule has 21 heavy (non-hydrogen) atoms.